The van der Waals surface area contributed by atoms with E-state index in [0.717, 1.165) is 18.7 Å². The molecule has 0 amide bonds. The van der Waals surface area contributed by atoms with Crippen molar-refractivity contribution in [1.29, 1.82) is 5.26 Å². The maximum absolute atomic E-state index is 8.73. The minimum Gasteiger partial charge on any atom is -0.311 e. The lowest BCUT2D eigenvalue weighted by atomic mass is 10.1. The van der Waals surface area contributed by atoms with Crippen molar-refractivity contribution in [3.05, 3.63) is 35.4 Å². The molecule has 1 aromatic carbocycles. The summed E-state index contributed by atoms with van der Waals surface area (Å²) >= 11 is 0. The average molecular weight is 243 g/mol. The Kier molecular flexibility index (Phi) is 4.74. The molecular formula is C15H21N3. The van der Waals surface area contributed by atoms with Crippen molar-refractivity contribution in [2.75, 3.05) is 19.6 Å². The van der Waals surface area contributed by atoms with Gasteiger partial charge in [-0.3, -0.25) is 4.90 Å². The largest absolute Gasteiger partial charge is 0.311 e. The molecule has 1 aliphatic heterocycles. The Labute approximate surface area is 109 Å². The molecule has 1 aliphatic rings. The van der Waals surface area contributed by atoms with Gasteiger partial charge in [0.1, 0.15) is 0 Å². The normalized spacial score (nSPS) is 17.6. The van der Waals surface area contributed by atoms with Gasteiger partial charge in [-0.15, -0.1) is 0 Å². The third kappa shape index (κ3) is 3.56. The van der Waals surface area contributed by atoms with Crippen molar-refractivity contribution in [1.82, 2.24) is 10.2 Å². The summed E-state index contributed by atoms with van der Waals surface area (Å²) in [5.74, 6) is 0. The van der Waals surface area contributed by atoms with Gasteiger partial charge in [-0.05, 0) is 50.6 Å². The third-order valence-corrected chi connectivity index (χ3v) is 3.62. The summed E-state index contributed by atoms with van der Waals surface area (Å²) < 4.78 is 0. The van der Waals surface area contributed by atoms with Crippen LogP contribution >= 0.6 is 0 Å². The molecular weight excluding hydrogens is 222 g/mol. The minimum absolute atomic E-state index is 0.617. The van der Waals surface area contributed by atoms with Crippen LogP contribution in [0.1, 0.15) is 30.9 Å². The Morgan fingerprint density at radius 1 is 1.28 bits per heavy atom. The molecule has 3 nitrogen and oxygen atoms in total. The first-order chi connectivity index (χ1) is 8.79. The molecule has 0 saturated carbocycles. The summed E-state index contributed by atoms with van der Waals surface area (Å²) in [6.07, 6.45) is 2.69. The smallest absolute Gasteiger partial charge is 0.0991 e. The topological polar surface area (TPSA) is 39.1 Å². The van der Waals surface area contributed by atoms with Crippen LogP contribution in [0.25, 0.3) is 0 Å². The lowest BCUT2D eigenvalue weighted by molar-refractivity contribution is 0.251. The Balaban J connectivity index is 1.72. The highest BCUT2D eigenvalue weighted by atomic mass is 15.2. The van der Waals surface area contributed by atoms with Crippen LogP contribution in [-0.2, 0) is 6.54 Å². The van der Waals surface area contributed by atoms with Crippen LogP contribution in [0.5, 0.6) is 0 Å². The van der Waals surface area contributed by atoms with E-state index in [1.165, 1.54) is 31.5 Å². The van der Waals surface area contributed by atoms with Crippen LogP contribution in [-0.4, -0.2) is 30.6 Å². The first kappa shape index (κ1) is 13.1. The van der Waals surface area contributed by atoms with Gasteiger partial charge < -0.3 is 5.32 Å². The summed E-state index contributed by atoms with van der Waals surface area (Å²) in [5.41, 5.74) is 1.96. The Morgan fingerprint density at radius 2 is 1.94 bits per heavy atom. The maximum atomic E-state index is 8.73. The Morgan fingerprint density at radius 3 is 2.56 bits per heavy atom. The van der Waals surface area contributed by atoms with E-state index in [-0.39, 0.29) is 0 Å². The molecule has 3 heteroatoms. The van der Waals surface area contributed by atoms with Crippen LogP contribution in [0.3, 0.4) is 0 Å². The van der Waals surface area contributed by atoms with E-state index < -0.39 is 0 Å². The molecule has 1 aromatic rings. The molecule has 0 spiro atoms. The van der Waals surface area contributed by atoms with Crippen molar-refractivity contribution in [3.8, 4) is 6.07 Å². The molecule has 1 atom stereocenters. The molecule has 0 bridgehead atoms. The fraction of sp³-hybridized carbons (Fsp3) is 0.533. The molecule has 1 N–H and O–H groups in total. The quantitative estimate of drug-likeness (QED) is 0.861. The van der Waals surface area contributed by atoms with Gasteiger partial charge in [-0.25, -0.2) is 0 Å². The van der Waals surface area contributed by atoms with Gasteiger partial charge in [0.05, 0.1) is 11.6 Å². The number of hydrogen-bond donors (Lipinski definition) is 1. The Bertz CT molecular complexity index is 399. The van der Waals surface area contributed by atoms with Crippen LogP contribution in [0.15, 0.2) is 24.3 Å². The molecule has 1 saturated heterocycles. The Hall–Kier alpha value is -1.37. The highest BCUT2D eigenvalue weighted by molar-refractivity contribution is 5.31. The van der Waals surface area contributed by atoms with Crippen molar-refractivity contribution < 1.29 is 0 Å². The van der Waals surface area contributed by atoms with Gasteiger partial charge in [0.2, 0.25) is 0 Å². The summed E-state index contributed by atoms with van der Waals surface area (Å²) in [6.45, 7) is 6.69. The van der Waals surface area contributed by atoms with Gasteiger partial charge in [0.15, 0.2) is 0 Å². The molecule has 1 unspecified atom stereocenters. The second-order valence-corrected chi connectivity index (χ2v) is 5.03. The van der Waals surface area contributed by atoms with Crippen LogP contribution in [0, 0.1) is 11.3 Å². The number of rotatable bonds is 5. The molecule has 2 rings (SSSR count). The van der Waals surface area contributed by atoms with Gasteiger partial charge in [0, 0.05) is 19.1 Å². The summed E-state index contributed by atoms with van der Waals surface area (Å²) in [5, 5.41) is 12.2. The standard InChI is InChI=1S/C15H21N3/c1-13(18-8-2-3-9-18)11-17-12-15-6-4-14(10-16)5-7-15/h4-7,13,17H,2-3,8-9,11-12H2,1H3. The van der Waals surface area contributed by atoms with Gasteiger partial charge >= 0.3 is 0 Å². The zero-order valence-corrected chi connectivity index (χ0v) is 11.0. The lowest BCUT2D eigenvalue weighted by Gasteiger charge is -2.23. The van der Waals surface area contributed by atoms with Crippen molar-refractivity contribution in [2.24, 2.45) is 0 Å². The predicted octanol–water partition coefficient (Wildman–Crippen LogP) is 2.13. The number of nitriles is 1. The average Bonchev–Trinajstić information content (AvgIpc) is 2.93. The van der Waals surface area contributed by atoms with Crippen LogP contribution in [0.4, 0.5) is 0 Å². The molecule has 96 valence electrons. The molecule has 1 heterocycles. The van der Waals surface area contributed by atoms with E-state index in [1.807, 2.05) is 24.3 Å². The summed E-state index contributed by atoms with van der Waals surface area (Å²) in [4.78, 5) is 2.55. The third-order valence-electron chi connectivity index (χ3n) is 3.62. The van der Waals surface area contributed by atoms with Crippen LogP contribution < -0.4 is 5.32 Å². The fourth-order valence-corrected chi connectivity index (χ4v) is 2.43. The van der Waals surface area contributed by atoms with E-state index in [0.29, 0.717) is 6.04 Å². The van der Waals surface area contributed by atoms with Gasteiger partial charge in [-0.2, -0.15) is 5.26 Å². The molecule has 0 aliphatic carbocycles. The van der Waals surface area contributed by atoms with E-state index in [9.17, 15) is 0 Å². The number of hydrogen-bond acceptors (Lipinski definition) is 3. The number of nitrogens with zero attached hydrogens (tertiary/aromatic N) is 2. The first-order valence-corrected chi connectivity index (χ1v) is 6.73. The molecule has 0 radical (unpaired) electrons. The maximum Gasteiger partial charge on any atom is 0.0991 e. The van der Waals surface area contributed by atoms with E-state index in [4.69, 9.17) is 5.26 Å². The van der Waals surface area contributed by atoms with Crippen LogP contribution in [0.2, 0.25) is 0 Å². The van der Waals surface area contributed by atoms with E-state index >= 15 is 0 Å². The minimum atomic E-state index is 0.617. The summed E-state index contributed by atoms with van der Waals surface area (Å²) in [7, 11) is 0. The highest BCUT2D eigenvalue weighted by Gasteiger charge is 2.17. The number of benzene rings is 1. The predicted molar refractivity (Wildman–Crippen MR) is 73.1 cm³/mol. The lowest BCUT2D eigenvalue weighted by Crippen LogP contribution is -2.38. The number of nitrogens with one attached hydrogen (secondary N) is 1. The van der Waals surface area contributed by atoms with Gasteiger partial charge in [-0.1, -0.05) is 12.1 Å². The summed E-state index contributed by atoms with van der Waals surface area (Å²) in [6, 6.07) is 10.5. The molecule has 0 aromatic heterocycles. The SMILES string of the molecule is CC(CNCc1ccc(C#N)cc1)N1CCCC1. The first-order valence-electron chi connectivity index (χ1n) is 6.73. The number of likely N-dealkylation sites (tertiary alicyclic amines) is 1. The molecule has 1 fully saturated rings. The van der Waals surface area contributed by atoms with Crippen molar-refractivity contribution in [3.63, 3.8) is 0 Å². The monoisotopic (exact) mass is 243 g/mol. The van der Waals surface area contributed by atoms with Crippen molar-refractivity contribution in [2.45, 2.75) is 32.4 Å². The molecule has 18 heavy (non-hydrogen) atoms. The van der Waals surface area contributed by atoms with E-state index in [1.54, 1.807) is 0 Å². The van der Waals surface area contributed by atoms with Crippen molar-refractivity contribution >= 4 is 0 Å². The highest BCUT2D eigenvalue weighted by Crippen LogP contribution is 2.11. The second-order valence-electron chi connectivity index (χ2n) is 5.03. The zero-order valence-electron chi connectivity index (χ0n) is 11.0. The second kappa shape index (κ2) is 6.53. The van der Waals surface area contributed by atoms with E-state index in [2.05, 4.69) is 23.2 Å². The fourth-order valence-electron chi connectivity index (χ4n) is 2.43. The zero-order chi connectivity index (χ0) is 12.8. The van der Waals surface area contributed by atoms with Gasteiger partial charge in [0.25, 0.3) is 0 Å².